The van der Waals surface area contributed by atoms with Crippen LogP contribution in [-0.4, -0.2) is 24.6 Å². The van der Waals surface area contributed by atoms with Gasteiger partial charge in [-0.05, 0) is 206 Å². The molecule has 5 nitrogen and oxygen atoms in total. The van der Waals surface area contributed by atoms with Gasteiger partial charge in [-0.3, -0.25) is 0 Å². The molecule has 0 bridgehead atoms. The molecule has 1 N–H and O–H groups in total. The summed E-state index contributed by atoms with van der Waals surface area (Å²) in [7, 11) is 0. The van der Waals surface area contributed by atoms with Gasteiger partial charge in [0.1, 0.15) is 23.2 Å². The number of nitrogens with zero attached hydrogens (tertiary/aromatic N) is 3. The minimum absolute atomic E-state index is 0.0716. The average molecular weight is 1460 g/mol. The monoisotopic (exact) mass is 1460 g/mol. The number of benzene rings is 14. The van der Waals surface area contributed by atoms with E-state index in [1.807, 2.05) is 30.3 Å². The third-order valence-corrected chi connectivity index (χ3v) is 20.4. The molecule has 0 fully saturated rings. The molecule has 3 heterocycles. The van der Waals surface area contributed by atoms with Gasteiger partial charge in [-0.25, -0.2) is 13.2 Å². The summed E-state index contributed by atoms with van der Waals surface area (Å²) >= 11 is 3.18. The van der Waals surface area contributed by atoms with Crippen molar-refractivity contribution >= 4 is 87.1 Å². The zero-order valence-electron chi connectivity index (χ0n) is 60.7. The van der Waals surface area contributed by atoms with Crippen molar-refractivity contribution in [2.24, 2.45) is 0 Å². The van der Waals surface area contributed by atoms with Crippen molar-refractivity contribution in [3.8, 4) is 28.2 Å². The maximum Gasteiger partial charge on any atom is 0.126 e. The topological polar surface area (TPSA) is 52.1 Å². The Hall–Kier alpha value is -11.6. The van der Waals surface area contributed by atoms with Crippen LogP contribution in [0, 0.1) is 17.5 Å². The Morgan fingerprint density at radius 1 is 0.311 bits per heavy atom. The Balaban J connectivity index is 0.000000130. The first kappa shape index (κ1) is 72.7. The molecule has 0 atom stereocenters. The van der Waals surface area contributed by atoms with Gasteiger partial charge in [-0.1, -0.05) is 262 Å². The van der Waals surface area contributed by atoms with E-state index < -0.39 is 5.60 Å². The normalized spacial score (nSPS) is 11.6. The molecule has 526 valence electrons. The molecule has 0 radical (unpaired) electrons. The summed E-state index contributed by atoms with van der Waals surface area (Å²) in [6, 6.07) is 115. The van der Waals surface area contributed by atoms with Crippen molar-refractivity contribution < 1.29 is 23.1 Å². The first-order valence-corrected chi connectivity index (χ1v) is 36.5. The van der Waals surface area contributed by atoms with Gasteiger partial charge in [0.15, 0.2) is 0 Å². The number of rotatable bonds is 8. The second-order valence-electron chi connectivity index (χ2n) is 28.4. The summed E-state index contributed by atoms with van der Waals surface area (Å²) in [6.07, 6.45) is 1.04. The molecule has 1 aliphatic carbocycles. The van der Waals surface area contributed by atoms with E-state index in [1.54, 1.807) is 38.1 Å². The standard InChI is InChI=1S/C39H30N2.C25H17N.C15H15F.C9H11FO.C6H4BrF.C3H6O/c1-39(2,27-12-4-3-5-13-27)28-20-22-29(23-21-28)40-37-19-11-8-16-33(37)34-26-30(24-25-38(34)40)41-35-17-9-6-14-31(35)32-15-7-10-18-36(32)41;1-2-8-20-17(7-1)15-18-13-14-19(16-23(18)20)26-24-11-5-3-9-21(24)22-10-4-6-12-25(22)26;1-15(2,12-6-4-3-5-7-12)13-8-10-14(16)11-9-13;1-9(2,11)7-3-5-8(10)6-4-7;7-5-1-3-6(8)4-2-5;1-3(2)4/h3-26H,1-2H3;1-14,16H,15H2;3-11H,1-2H3;3-6,11H,1-2H3;1-4H;1-2H3. The highest BCUT2D eigenvalue weighted by molar-refractivity contribution is 9.10. The number of carbonyl (C=O) groups is 1. The van der Waals surface area contributed by atoms with Gasteiger partial charge in [0.25, 0.3) is 0 Å². The van der Waals surface area contributed by atoms with Gasteiger partial charge in [0.2, 0.25) is 0 Å². The van der Waals surface area contributed by atoms with Crippen LogP contribution in [0.2, 0.25) is 0 Å². The lowest BCUT2D eigenvalue weighted by molar-refractivity contribution is -0.115. The molecule has 0 saturated carbocycles. The number of hydrogen-bond acceptors (Lipinski definition) is 2. The van der Waals surface area contributed by atoms with Crippen molar-refractivity contribution in [1.29, 1.82) is 0 Å². The number of fused-ring (bicyclic) bond motifs is 12. The molecule has 0 saturated heterocycles. The molecule has 14 aromatic carbocycles. The number of hydrogen-bond donors (Lipinski definition) is 1. The van der Waals surface area contributed by atoms with Crippen LogP contribution in [0.25, 0.3) is 93.6 Å². The first-order chi connectivity index (χ1) is 51.1. The van der Waals surface area contributed by atoms with Crippen LogP contribution in [0.15, 0.2) is 344 Å². The van der Waals surface area contributed by atoms with E-state index in [1.165, 1.54) is 172 Å². The van der Waals surface area contributed by atoms with Gasteiger partial charge in [0, 0.05) is 64.7 Å². The molecule has 18 rings (SSSR count). The van der Waals surface area contributed by atoms with E-state index in [4.69, 9.17) is 0 Å². The Labute approximate surface area is 626 Å². The molecule has 1 aliphatic rings. The molecule has 0 aliphatic heterocycles. The van der Waals surface area contributed by atoms with Crippen molar-refractivity contribution in [3.63, 3.8) is 0 Å². The predicted molar refractivity (Wildman–Crippen MR) is 440 cm³/mol. The predicted octanol–water partition coefficient (Wildman–Crippen LogP) is 25.9. The Bertz CT molecular complexity index is 5780. The van der Waals surface area contributed by atoms with Crippen molar-refractivity contribution in [2.75, 3.05) is 0 Å². The highest BCUT2D eigenvalue weighted by Crippen LogP contribution is 2.42. The number of aliphatic hydroxyl groups is 1. The van der Waals surface area contributed by atoms with Crippen LogP contribution in [0.5, 0.6) is 0 Å². The van der Waals surface area contributed by atoms with Crippen LogP contribution in [0.1, 0.15) is 94.3 Å². The molecule has 0 spiro atoms. The molecule has 106 heavy (non-hydrogen) atoms. The first-order valence-electron chi connectivity index (χ1n) is 35.7. The second-order valence-corrected chi connectivity index (χ2v) is 29.3. The van der Waals surface area contributed by atoms with E-state index in [9.17, 15) is 23.1 Å². The lowest BCUT2D eigenvalue weighted by atomic mass is 9.78. The van der Waals surface area contributed by atoms with E-state index in [-0.39, 0.29) is 34.1 Å². The largest absolute Gasteiger partial charge is 0.386 e. The van der Waals surface area contributed by atoms with Gasteiger partial charge in [0.05, 0.1) is 38.7 Å². The Morgan fingerprint density at radius 3 is 1.02 bits per heavy atom. The summed E-state index contributed by atoms with van der Waals surface area (Å²) in [6.45, 7) is 15.3. The number of para-hydroxylation sites is 5. The quantitative estimate of drug-likeness (QED) is 0.165. The molecule has 3 aromatic heterocycles. The molecule has 17 aromatic rings. The van der Waals surface area contributed by atoms with Crippen LogP contribution >= 0.6 is 15.9 Å². The zero-order chi connectivity index (χ0) is 74.3. The molecule has 9 heteroatoms. The van der Waals surface area contributed by atoms with E-state index in [0.717, 1.165) is 22.0 Å². The fourth-order valence-corrected chi connectivity index (χ4v) is 14.5. The number of halogens is 4. The van der Waals surface area contributed by atoms with Crippen LogP contribution in [0.3, 0.4) is 0 Å². The molecule has 0 amide bonds. The van der Waals surface area contributed by atoms with E-state index in [0.29, 0.717) is 0 Å². The highest BCUT2D eigenvalue weighted by atomic mass is 79.9. The fraction of sp³-hybridized carbons (Fsp3) is 0.124. The summed E-state index contributed by atoms with van der Waals surface area (Å²) in [4.78, 5) is 9.44. The fourth-order valence-electron chi connectivity index (χ4n) is 14.3. The average Bonchev–Trinajstić information content (AvgIpc) is 1.58. The number of Topliss-reactive ketones (excluding diaryl/α,β-unsaturated/α-hetero) is 1. The maximum atomic E-state index is 12.9. The highest BCUT2D eigenvalue weighted by Gasteiger charge is 2.26. The SMILES string of the molecule is CC(C)(O)c1ccc(F)cc1.CC(C)(c1ccccc1)c1ccc(-n2c3ccccc3c3cc(-n4c5ccccc5c5ccccc54)ccc32)cc1.CC(C)(c1ccccc1)c1ccc(F)cc1.CC(C)=O.Fc1ccc(Br)cc1.c1ccc2c(c1)Cc1ccc(-n3c4ccccc4c4ccccc43)cc1-2. The van der Waals surface area contributed by atoms with Gasteiger partial charge < -0.3 is 23.6 Å². The summed E-state index contributed by atoms with van der Waals surface area (Å²) in [5, 5.41) is 17.2. The maximum absolute atomic E-state index is 12.9. The van der Waals surface area contributed by atoms with Gasteiger partial charge in [-0.15, -0.1) is 0 Å². The molecular formula is C97H83BrF3N3O2. The molecule has 0 unspecified atom stereocenters. The zero-order valence-corrected chi connectivity index (χ0v) is 62.3. The van der Waals surface area contributed by atoms with Gasteiger partial charge >= 0.3 is 0 Å². The van der Waals surface area contributed by atoms with Crippen LogP contribution < -0.4 is 0 Å². The lowest BCUT2D eigenvalue weighted by Gasteiger charge is -2.26. The van der Waals surface area contributed by atoms with Gasteiger partial charge in [-0.2, -0.15) is 0 Å². The molecular weight excluding hydrogens is 1380 g/mol. The van der Waals surface area contributed by atoms with Crippen molar-refractivity contribution in [3.05, 3.63) is 401 Å². The lowest BCUT2D eigenvalue weighted by Crippen LogP contribution is -2.18. The Kier molecular flexibility index (Phi) is 21.5. The van der Waals surface area contributed by atoms with E-state index in [2.05, 4.69) is 306 Å². The number of carbonyl (C=O) groups excluding carboxylic acids is 1. The smallest absolute Gasteiger partial charge is 0.126 e. The van der Waals surface area contributed by atoms with Crippen molar-refractivity contribution in [1.82, 2.24) is 13.7 Å². The summed E-state index contributed by atoms with van der Waals surface area (Å²) in [5.74, 6) is -0.501. The minimum Gasteiger partial charge on any atom is -0.386 e. The number of aromatic nitrogens is 3. The van der Waals surface area contributed by atoms with Crippen LogP contribution in [-0.2, 0) is 27.6 Å². The summed E-state index contributed by atoms with van der Waals surface area (Å²) in [5.41, 5.74) is 21.3. The second kappa shape index (κ2) is 31.4. The minimum atomic E-state index is -0.881. The van der Waals surface area contributed by atoms with E-state index >= 15 is 0 Å². The third-order valence-electron chi connectivity index (χ3n) is 19.9. The van der Waals surface area contributed by atoms with Crippen molar-refractivity contribution in [2.45, 2.75) is 78.2 Å². The third kappa shape index (κ3) is 15.6. The van der Waals surface area contributed by atoms with Crippen LogP contribution in [0.4, 0.5) is 13.2 Å². The number of ketones is 1. The summed E-state index contributed by atoms with van der Waals surface area (Å²) < 4.78 is 45.4. The Morgan fingerprint density at radius 2 is 0.604 bits per heavy atom.